The van der Waals surface area contributed by atoms with Crippen LogP contribution in [-0.2, 0) is 10.0 Å². The first-order valence-corrected chi connectivity index (χ1v) is 6.99. The zero-order valence-corrected chi connectivity index (χ0v) is 10.5. The third-order valence-corrected chi connectivity index (χ3v) is 3.66. The molecule has 0 bridgehead atoms. The highest BCUT2D eigenvalue weighted by molar-refractivity contribution is 7.92. The Kier molecular flexibility index (Phi) is 4.44. The third-order valence-electron chi connectivity index (χ3n) is 2.02. The fourth-order valence-electron chi connectivity index (χ4n) is 1.19. The van der Waals surface area contributed by atoms with E-state index in [2.05, 4.69) is 4.72 Å². The highest BCUT2D eigenvalue weighted by Gasteiger charge is 2.10. The van der Waals surface area contributed by atoms with Gasteiger partial charge in [0.15, 0.2) is 0 Å². The molecular formula is C10H14ClNO3S. The van der Waals surface area contributed by atoms with Gasteiger partial charge in [-0.05, 0) is 37.1 Å². The lowest BCUT2D eigenvalue weighted by molar-refractivity contribution is 0.471. The summed E-state index contributed by atoms with van der Waals surface area (Å²) >= 11 is 5.43. The smallest absolute Gasteiger partial charge is 0.232 e. The fourth-order valence-corrected chi connectivity index (χ4v) is 2.60. The van der Waals surface area contributed by atoms with Crippen LogP contribution in [-0.4, -0.2) is 25.2 Å². The SMILES string of the molecule is Cc1cc(NS(=O)(=O)CCCCl)ccc1O. The third kappa shape index (κ3) is 3.90. The van der Waals surface area contributed by atoms with Crippen molar-refractivity contribution in [1.29, 1.82) is 0 Å². The van der Waals surface area contributed by atoms with E-state index in [-0.39, 0.29) is 11.5 Å². The summed E-state index contributed by atoms with van der Waals surface area (Å²) in [5.41, 5.74) is 1.07. The van der Waals surface area contributed by atoms with Crippen LogP contribution in [0.25, 0.3) is 0 Å². The molecule has 0 fully saturated rings. The first-order chi connectivity index (χ1) is 7.44. The number of hydrogen-bond donors (Lipinski definition) is 2. The van der Waals surface area contributed by atoms with Gasteiger partial charge in [-0.2, -0.15) is 0 Å². The Morgan fingerprint density at radius 1 is 1.44 bits per heavy atom. The summed E-state index contributed by atoms with van der Waals surface area (Å²) in [7, 11) is -3.34. The van der Waals surface area contributed by atoms with E-state index in [4.69, 9.17) is 11.6 Å². The maximum atomic E-state index is 11.5. The van der Waals surface area contributed by atoms with Crippen molar-refractivity contribution in [3.8, 4) is 5.75 Å². The van der Waals surface area contributed by atoms with Gasteiger partial charge in [0.25, 0.3) is 0 Å². The van der Waals surface area contributed by atoms with Crippen LogP contribution in [0.2, 0.25) is 0 Å². The van der Waals surface area contributed by atoms with Crippen molar-refractivity contribution in [3.05, 3.63) is 23.8 Å². The number of phenolic OH excluding ortho intramolecular Hbond substituents is 1. The van der Waals surface area contributed by atoms with Crippen LogP contribution in [0.3, 0.4) is 0 Å². The summed E-state index contributed by atoms with van der Waals surface area (Å²) in [6, 6.07) is 4.54. The molecule has 0 saturated heterocycles. The van der Waals surface area contributed by atoms with Gasteiger partial charge in [0, 0.05) is 11.6 Å². The molecule has 0 saturated carbocycles. The Bertz CT molecular complexity index is 459. The summed E-state index contributed by atoms with van der Waals surface area (Å²) in [6.45, 7) is 1.70. The fraction of sp³-hybridized carbons (Fsp3) is 0.400. The lowest BCUT2D eigenvalue weighted by Gasteiger charge is -2.08. The zero-order chi connectivity index (χ0) is 12.2. The van der Waals surface area contributed by atoms with Crippen LogP contribution < -0.4 is 4.72 Å². The maximum Gasteiger partial charge on any atom is 0.232 e. The van der Waals surface area contributed by atoms with Crippen LogP contribution in [0.15, 0.2) is 18.2 Å². The van der Waals surface area contributed by atoms with Gasteiger partial charge in [0.2, 0.25) is 10.0 Å². The molecule has 6 heteroatoms. The van der Waals surface area contributed by atoms with Gasteiger partial charge in [-0.3, -0.25) is 4.72 Å². The Morgan fingerprint density at radius 3 is 2.69 bits per heavy atom. The summed E-state index contributed by atoms with van der Waals surface area (Å²) < 4.78 is 25.5. The van der Waals surface area contributed by atoms with Crippen molar-refractivity contribution in [3.63, 3.8) is 0 Å². The Balaban J connectivity index is 2.76. The van der Waals surface area contributed by atoms with E-state index in [1.807, 2.05) is 0 Å². The van der Waals surface area contributed by atoms with Crippen LogP contribution in [0.4, 0.5) is 5.69 Å². The highest BCUT2D eigenvalue weighted by Crippen LogP contribution is 2.20. The Labute approximate surface area is 100 Å². The molecule has 2 N–H and O–H groups in total. The number of aryl methyl sites for hydroxylation is 1. The standard InChI is InChI=1S/C10H14ClNO3S/c1-8-7-9(3-4-10(8)13)12-16(14,15)6-2-5-11/h3-4,7,12-13H,2,5-6H2,1H3. The molecule has 0 unspecified atom stereocenters. The summed E-state index contributed by atoms with van der Waals surface area (Å²) in [6.07, 6.45) is 0.411. The van der Waals surface area contributed by atoms with E-state index in [1.54, 1.807) is 13.0 Å². The van der Waals surface area contributed by atoms with Gasteiger partial charge in [0.1, 0.15) is 5.75 Å². The maximum absolute atomic E-state index is 11.5. The van der Waals surface area contributed by atoms with Gasteiger partial charge in [0.05, 0.1) is 5.75 Å². The molecule has 0 aromatic heterocycles. The van der Waals surface area contributed by atoms with Crippen LogP contribution in [0.1, 0.15) is 12.0 Å². The Hall–Kier alpha value is -0.940. The van der Waals surface area contributed by atoms with Gasteiger partial charge in [-0.25, -0.2) is 8.42 Å². The summed E-state index contributed by atoms with van der Waals surface area (Å²) in [4.78, 5) is 0. The van der Waals surface area contributed by atoms with Gasteiger partial charge in [-0.1, -0.05) is 0 Å². The number of nitrogens with one attached hydrogen (secondary N) is 1. The number of aromatic hydroxyl groups is 1. The molecule has 0 spiro atoms. The lowest BCUT2D eigenvalue weighted by Crippen LogP contribution is -2.16. The number of sulfonamides is 1. The minimum atomic E-state index is -3.34. The van der Waals surface area contributed by atoms with E-state index < -0.39 is 10.0 Å². The first-order valence-electron chi connectivity index (χ1n) is 4.81. The molecule has 90 valence electrons. The molecule has 1 rings (SSSR count). The predicted octanol–water partition coefficient (Wildman–Crippen LogP) is 2.07. The molecule has 0 aliphatic carbocycles. The quantitative estimate of drug-likeness (QED) is 0.631. The van der Waals surface area contributed by atoms with Crippen LogP contribution >= 0.6 is 11.6 Å². The number of benzene rings is 1. The van der Waals surface area contributed by atoms with Gasteiger partial charge >= 0.3 is 0 Å². The second kappa shape index (κ2) is 5.41. The molecule has 0 aliphatic rings. The van der Waals surface area contributed by atoms with Crippen LogP contribution in [0, 0.1) is 6.92 Å². The topological polar surface area (TPSA) is 66.4 Å². The van der Waals surface area contributed by atoms with Gasteiger partial charge in [-0.15, -0.1) is 11.6 Å². The van der Waals surface area contributed by atoms with E-state index in [0.29, 0.717) is 23.6 Å². The van der Waals surface area contributed by atoms with E-state index in [1.165, 1.54) is 12.1 Å². The van der Waals surface area contributed by atoms with Crippen molar-refractivity contribution in [2.75, 3.05) is 16.4 Å². The van der Waals surface area contributed by atoms with E-state index >= 15 is 0 Å². The summed E-state index contributed by atoms with van der Waals surface area (Å²) in [5.74, 6) is 0.454. The minimum absolute atomic E-state index is 0.00355. The number of halogens is 1. The number of phenols is 1. The highest BCUT2D eigenvalue weighted by atomic mass is 35.5. The molecule has 0 heterocycles. The van der Waals surface area contributed by atoms with Crippen LogP contribution in [0.5, 0.6) is 5.75 Å². The number of alkyl halides is 1. The molecule has 0 amide bonds. The molecule has 0 radical (unpaired) electrons. The Morgan fingerprint density at radius 2 is 2.12 bits per heavy atom. The van der Waals surface area contributed by atoms with Crippen molar-refractivity contribution >= 4 is 27.3 Å². The molecule has 0 aliphatic heterocycles. The average Bonchev–Trinajstić information content (AvgIpc) is 2.20. The minimum Gasteiger partial charge on any atom is -0.508 e. The van der Waals surface area contributed by atoms with Crippen molar-refractivity contribution < 1.29 is 13.5 Å². The largest absolute Gasteiger partial charge is 0.508 e. The lowest BCUT2D eigenvalue weighted by atomic mass is 10.2. The monoisotopic (exact) mass is 263 g/mol. The van der Waals surface area contributed by atoms with E-state index in [0.717, 1.165) is 0 Å². The molecule has 16 heavy (non-hydrogen) atoms. The first kappa shape index (κ1) is 13.1. The van der Waals surface area contributed by atoms with Gasteiger partial charge < -0.3 is 5.11 Å². The molecule has 0 atom stereocenters. The average molecular weight is 264 g/mol. The molecule has 4 nitrogen and oxygen atoms in total. The normalized spacial score (nSPS) is 11.4. The zero-order valence-electron chi connectivity index (χ0n) is 8.90. The van der Waals surface area contributed by atoms with Crippen molar-refractivity contribution in [1.82, 2.24) is 0 Å². The molecule has 1 aromatic rings. The summed E-state index contributed by atoms with van der Waals surface area (Å²) in [5, 5.41) is 9.29. The van der Waals surface area contributed by atoms with Crippen molar-refractivity contribution in [2.45, 2.75) is 13.3 Å². The second-order valence-electron chi connectivity index (χ2n) is 3.46. The van der Waals surface area contributed by atoms with E-state index in [9.17, 15) is 13.5 Å². The number of rotatable bonds is 5. The predicted molar refractivity (Wildman–Crippen MR) is 65.6 cm³/mol. The number of hydrogen-bond acceptors (Lipinski definition) is 3. The second-order valence-corrected chi connectivity index (χ2v) is 5.68. The molecular weight excluding hydrogens is 250 g/mol. The molecule has 1 aromatic carbocycles. The number of anilines is 1. The van der Waals surface area contributed by atoms with Crippen molar-refractivity contribution in [2.24, 2.45) is 0 Å².